The lowest BCUT2D eigenvalue weighted by Gasteiger charge is -2.22. The average Bonchev–Trinajstić information content (AvgIpc) is 2.27. The zero-order chi connectivity index (χ0) is 13.8. The van der Waals surface area contributed by atoms with Gasteiger partial charge in [0.1, 0.15) is 17.2 Å². The molecule has 1 unspecified atom stereocenters. The summed E-state index contributed by atoms with van der Waals surface area (Å²) in [5.74, 6) is -0.202. The van der Waals surface area contributed by atoms with Crippen LogP contribution in [0.15, 0.2) is 18.2 Å². The highest BCUT2D eigenvalue weighted by molar-refractivity contribution is 7.97. The zero-order valence-corrected chi connectivity index (χ0v) is 11.9. The van der Waals surface area contributed by atoms with Crippen LogP contribution in [0.3, 0.4) is 0 Å². The summed E-state index contributed by atoms with van der Waals surface area (Å²) < 4.78 is 36.0. The molecule has 0 fully saturated rings. The summed E-state index contributed by atoms with van der Waals surface area (Å²) >= 11 is 1.43. The van der Waals surface area contributed by atoms with E-state index in [1.165, 1.54) is 38.1 Å². The van der Waals surface area contributed by atoms with E-state index in [4.69, 9.17) is 4.74 Å². The number of hydrogen-bond acceptors (Lipinski definition) is 3. The molecule has 5 heteroatoms. The Hall–Kier alpha value is -0.810. The third kappa shape index (κ3) is 4.14. The normalized spacial score (nSPS) is 14.6. The predicted octanol–water partition coefficient (Wildman–Crippen LogP) is 3.67. The Kier molecular flexibility index (Phi) is 5.41. The molecule has 102 valence electrons. The van der Waals surface area contributed by atoms with Crippen LogP contribution in [0.4, 0.5) is 8.78 Å². The van der Waals surface area contributed by atoms with Crippen molar-refractivity contribution < 1.29 is 13.5 Å². The maximum Gasteiger partial charge on any atom is 0.149 e. The van der Waals surface area contributed by atoms with E-state index in [0.717, 1.165) is 0 Å². The highest BCUT2D eigenvalue weighted by Gasteiger charge is 2.29. The number of halogens is 2. The van der Waals surface area contributed by atoms with E-state index in [2.05, 4.69) is 4.72 Å². The quantitative estimate of drug-likeness (QED) is 0.800. The van der Waals surface area contributed by atoms with Crippen molar-refractivity contribution in [2.45, 2.75) is 31.7 Å². The molecule has 0 bridgehead atoms. The van der Waals surface area contributed by atoms with Crippen molar-refractivity contribution in [3.05, 3.63) is 29.6 Å². The molecule has 1 rings (SSSR count). The SMILES string of the molecule is COc1ccc(C(C)(F)CNSC(C)C)c(F)c1. The van der Waals surface area contributed by atoms with Crippen LogP contribution >= 0.6 is 11.9 Å². The minimum Gasteiger partial charge on any atom is -0.497 e. The number of nitrogens with one attached hydrogen (secondary N) is 1. The van der Waals surface area contributed by atoms with E-state index in [9.17, 15) is 8.78 Å². The van der Waals surface area contributed by atoms with Gasteiger partial charge in [0.05, 0.1) is 7.11 Å². The third-order valence-corrected chi connectivity index (χ3v) is 3.24. The Morgan fingerprint density at radius 1 is 1.44 bits per heavy atom. The molecule has 1 atom stereocenters. The lowest BCUT2D eigenvalue weighted by atomic mass is 9.97. The lowest BCUT2D eigenvalue weighted by molar-refractivity contribution is 0.191. The number of benzene rings is 1. The lowest BCUT2D eigenvalue weighted by Crippen LogP contribution is -2.30. The van der Waals surface area contributed by atoms with Gasteiger partial charge in [-0.25, -0.2) is 8.78 Å². The first-order chi connectivity index (χ1) is 8.36. The van der Waals surface area contributed by atoms with Gasteiger partial charge in [-0.05, 0) is 19.1 Å². The van der Waals surface area contributed by atoms with Crippen LogP contribution in [0, 0.1) is 5.82 Å². The fraction of sp³-hybridized carbons (Fsp3) is 0.538. The van der Waals surface area contributed by atoms with Gasteiger partial charge >= 0.3 is 0 Å². The van der Waals surface area contributed by atoms with E-state index < -0.39 is 11.5 Å². The van der Waals surface area contributed by atoms with Crippen LogP contribution in [0.25, 0.3) is 0 Å². The topological polar surface area (TPSA) is 21.3 Å². The Balaban J connectivity index is 2.77. The number of rotatable bonds is 6. The number of alkyl halides is 1. The molecule has 0 saturated heterocycles. The summed E-state index contributed by atoms with van der Waals surface area (Å²) in [4.78, 5) is 0. The second-order valence-corrected chi connectivity index (χ2v) is 6.00. The van der Waals surface area contributed by atoms with Crippen LogP contribution < -0.4 is 9.46 Å². The van der Waals surface area contributed by atoms with Crippen LogP contribution in [-0.2, 0) is 5.67 Å². The van der Waals surface area contributed by atoms with E-state index >= 15 is 0 Å². The first-order valence-corrected chi connectivity index (χ1v) is 6.66. The van der Waals surface area contributed by atoms with Gasteiger partial charge in [-0.15, -0.1) is 0 Å². The predicted molar refractivity (Wildman–Crippen MR) is 72.1 cm³/mol. The highest BCUT2D eigenvalue weighted by atomic mass is 32.2. The highest BCUT2D eigenvalue weighted by Crippen LogP contribution is 2.30. The van der Waals surface area contributed by atoms with Crippen molar-refractivity contribution in [1.82, 2.24) is 4.72 Å². The summed E-state index contributed by atoms with van der Waals surface area (Å²) in [5.41, 5.74) is -1.71. The molecule has 0 aromatic heterocycles. The molecular weight excluding hydrogens is 256 g/mol. The van der Waals surface area contributed by atoms with Gasteiger partial charge in [0, 0.05) is 23.4 Å². The van der Waals surface area contributed by atoms with Crippen molar-refractivity contribution in [3.63, 3.8) is 0 Å². The largest absolute Gasteiger partial charge is 0.497 e. The molecule has 18 heavy (non-hydrogen) atoms. The van der Waals surface area contributed by atoms with E-state index in [-0.39, 0.29) is 12.1 Å². The van der Waals surface area contributed by atoms with Crippen molar-refractivity contribution in [2.75, 3.05) is 13.7 Å². The molecule has 0 aliphatic heterocycles. The minimum absolute atomic E-state index is 0.0418. The third-order valence-electron chi connectivity index (χ3n) is 2.46. The molecule has 0 aliphatic carbocycles. The number of hydrogen-bond donors (Lipinski definition) is 1. The van der Waals surface area contributed by atoms with Gasteiger partial charge in [0.15, 0.2) is 0 Å². The Morgan fingerprint density at radius 2 is 2.11 bits per heavy atom. The second kappa shape index (κ2) is 6.38. The maximum atomic E-state index is 14.4. The molecular formula is C13H19F2NOS. The van der Waals surface area contributed by atoms with Crippen molar-refractivity contribution in [1.29, 1.82) is 0 Å². The van der Waals surface area contributed by atoms with Gasteiger partial charge in [-0.3, -0.25) is 4.72 Å². The average molecular weight is 275 g/mol. The number of ether oxygens (including phenoxy) is 1. The summed E-state index contributed by atoms with van der Waals surface area (Å²) in [5, 5.41) is 0.349. The summed E-state index contributed by atoms with van der Waals surface area (Å²) in [6.07, 6.45) is 0. The van der Waals surface area contributed by atoms with Gasteiger partial charge in [0.25, 0.3) is 0 Å². The molecule has 1 aromatic rings. The van der Waals surface area contributed by atoms with Gasteiger partial charge < -0.3 is 4.74 Å². The van der Waals surface area contributed by atoms with E-state index in [0.29, 0.717) is 11.0 Å². The van der Waals surface area contributed by atoms with E-state index in [1.807, 2.05) is 13.8 Å². The summed E-state index contributed by atoms with van der Waals surface area (Å²) in [6, 6.07) is 4.18. The van der Waals surface area contributed by atoms with Crippen molar-refractivity contribution >= 4 is 11.9 Å². The Labute approximate surface area is 111 Å². The van der Waals surface area contributed by atoms with Crippen LogP contribution in [0.2, 0.25) is 0 Å². The van der Waals surface area contributed by atoms with E-state index in [1.54, 1.807) is 6.07 Å². The van der Waals surface area contributed by atoms with Gasteiger partial charge in [0.2, 0.25) is 0 Å². The Morgan fingerprint density at radius 3 is 2.61 bits per heavy atom. The Bertz CT molecular complexity index is 397. The van der Waals surface area contributed by atoms with Crippen molar-refractivity contribution in [3.8, 4) is 5.75 Å². The zero-order valence-electron chi connectivity index (χ0n) is 11.1. The van der Waals surface area contributed by atoms with Gasteiger partial charge in [-0.1, -0.05) is 25.8 Å². The molecule has 1 N–H and O–H groups in total. The molecule has 0 spiro atoms. The van der Waals surface area contributed by atoms with Crippen LogP contribution in [0.1, 0.15) is 26.3 Å². The minimum atomic E-state index is -1.75. The van der Waals surface area contributed by atoms with Crippen LogP contribution in [0.5, 0.6) is 5.75 Å². The maximum absolute atomic E-state index is 14.4. The number of methoxy groups -OCH3 is 1. The molecule has 0 heterocycles. The molecule has 1 aromatic carbocycles. The summed E-state index contributed by atoms with van der Waals surface area (Å²) in [6.45, 7) is 5.42. The van der Waals surface area contributed by atoms with Crippen LogP contribution in [-0.4, -0.2) is 18.9 Å². The fourth-order valence-corrected chi connectivity index (χ4v) is 2.17. The molecule has 0 radical (unpaired) electrons. The standard InChI is InChI=1S/C13H19F2NOS/c1-9(2)18-16-8-13(3,15)11-6-5-10(17-4)7-12(11)14/h5-7,9,16H,8H2,1-4H3. The second-order valence-electron chi connectivity index (χ2n) is 4.53. The fourth-order valence-electron chi connectivity index (χ4n) is 1.48. The first kappa shape index (κ1) is 15.2. The molecule has 0 amide bonds. The monoisotopic (exact) mass is 275 g/mol. The van der Waals surface area contributed by atoms with Gasteiger partial charge in [-0.2, -0.15) is 0 Å². The molecule has 0 saturated carbocycles. The smallest absolute Gasteiger partial charge is 0.149 e. The summed E-state index contributed by atoms with van der Waals surface area (Å²) in [7, 11) is 1.45. The molecule has 2 nitrogen and oxygen atoms in total. The van der Waals surface area contributed by atoms with Crippen molar-refractivity contribution in [2.24, 2.45) is 0 Å². The molecule has 0 aliphatic rings. The first-order valence-electron chi connectivity index (χ1n) is 5.78.